The topological polar surface area (TPSA) is 120 Å². The highest BCUT2D eigenvalue weighted by molar-refractivity contribution is 6.28. The molecule has 10 heteroatoms. The van der Waals surface area contributed by atoms with Crippen LogP contribution in [0.2, 0.25) is 5.28 Å². The number of aryl methyl sites for hydroxylation is 2. The highest BCUT2D eigenvalue weighted by Crippen LogP contribution is 2.26. The second-order valence-electron chi connectivity index (χ2n) is 3.94. The predicted molar refractivity (Wildman–Crippen MR) is 69.7 cm³/mol. The standard InChI is InChI=1S/C10H11ClN6O3/c1-5-8(17(18)19)9(15-10(11)13-5)12-4-3-7-14-6(2)20-16-7/h3-4H2,1-2H3,(H,12,13,15). The number of nitrogens with one attached hydrogen (secondary N) is 1. The van der Waals surface area contributed by atoms with Gasteiger partial charge in [-0.25, -0.2) is 4.98 Å². The first-order chi connectivity index (χ1) is 9.47. The average molecular weight is 299 g/mol. The fourth-order valence-corrected chi connectivity index (χ4v) is 1.82. The first kappa shape index (κ1) is 14.1. The Morgan fingerprint density at radius 1 is 1.35 bits per heavy atom. The van der Waals surface area contributed by atoms with Crippen LogP contribution in [0.4, 0.5) is 11.5 Å². The molecule has 2 aromatic heterocycles. The summed E-state index contributed by atoms with van der Waals surface area (Å²) < 4.78 is 4.82. The van der Waals surface area contributed by atoms with Crippen molar-refractivity contribution in [3.8, 4) is 0 Å². The van der Waals surface area contributed by atoms with Crippen molar-refractivity contribution in [1.29, 1.82) is 0 Å². The molecule has 0 saturated carbocycles. The molecule has 106 valence electrons. The molecule has 1 N–H and O–H groups in total. The molecule has 0 aliphatic heterocycles. The minimum absolute atomic E-state index is 0.0500. The number of halogens is 1. The van der Waals surface area contributed by atoms with Crippen LogP contribution in [0.1, 0.15) is 17.4 Å². The minimum atomic E-state index is -0.549. The molecule has 0 spiro atoms. The molecule has 0 saturated heterocycles. The molecule has 2 heterocycles. The number of nitro groups is 1. The van der Waals surface area contributed by atoms with Crippen LogP contribution in [0.25, 0.3) is 0 Å². The molecule has 20 heavy (non-hydrogen) atoms. The summed E-state index contributed by atoms with van der Waals surface area (Å²) in [5.41, 5.74) is 0.00611. The van der Waals surface area contributed by atoms with E-state index >= 15 is 0 Å². The van der Waals surface area contributed by atoms with Gasteiger partial charge in [-0.3, -0.25) is 10.1 Å². The SMILES string of the molecule is Cc1nc(CCNc2nc(Cl)nc(C)c2[N+](=O)[O-])no1. The number of hydrogen-bond acceptors (Lipinski definition) is 8. The number of hydrogen-bond donors (Lipinski definition) is 1. The highest BCUT2D eigenvalue weighted by Gasteiger charge is 2.21. The maximum atomic E-state index is 11.0. The van der Waals surface area contributed by atoms with Crippen molar-refractivity contribution in [2.45, 2.75) is 20.3 Å². The van der Waals surface area contributed by atoms with Crippen molar-refractivity contribution < 1.29 is 9.45 Å². The van der Waals surface area contributed by atoms with Gasteiger partial charge < -0.3 is 9.84 Å². The normalized spacial score (nSPS) is 10.6. The second kappa shape index (κ2) is 5.78. The first-order valence-corrected chi connectivity index (χ1v) is 6.06. The Bertz CT molecular complexity index is 644. The molecule has 0 fully saturated rings. The van der Waals surface area contributed by atoms with Gasteiger partial charge in [0.05, 0.1) is 4.92 Å². The maximum Gasteiger partial charge on any atom is 0.332 e. The molecule has 0 aliphatic rings. The average Bonchev–Trinajstić information content (AvgIpc) is 2.73. The monoisotopic (exact) mass is 298 g/mol. The smallest absolute Gasteiger partial charge is 0.332 e. The Morgan fingerprint density at radius 3 is 2.70 bits per heavy atom. The van der Waals surface area contributed by atoms with E-state index < -0.39 is 4.92 Å². The van der Waals surface area contributed by atoms with Gasteiger partial charge in [0.1, 0.15) is 5.69 Å². The van der Waals surface area contributed by atoms with Crippen molar-refractivity contribution in [3.05, 3.63) is 32.8 Å². The number of rotatable bonds is 5. The summed E-state index contributed by atoms with van der Waals surface area (Å²) in [7, 11) is 0. The van der Waals surface area contributed by atoms with E-state index in [9.17, 15) is 10.1 Å². The molecule has 0 aliphatic carbocycles. The van der Waals surface area contributed by atoms with E-state index in [-0.39, 0.29) is 22.5 Å². The van der Waals surface area contributed by atoms with E-state index in [1.165, 1.54) is 6.92 Å². The van der Waals surface area contributed by atoms with Gasteiger partial charge >= 0.3 is 5.69 Å². The molecular formula is C10H11ClN6O3. The predicted octanol–water partition coefficient (Wildman–Crippen LogP) is 1.69. The molecule has 0 aromatic carbocycles. The van der Waals surface area contributed by atoms with Crippen molar-refractivity contribution in [2.75, 3.05) is 11.9 Å². The van der Waals surface area contributed by atoms with E-state index in [1.54, 1.807) is 6.92 Å². The summed E-state index contributed by atoms with van der Waals surface area (Å²) in [4.78, 5) is 22.1. The summed E-state index contributed by atoms with van der Waals surface area (Å²) in [5.74, 6) is 1.05. The zero-order valence-electron chi connectivity index (χ0n) is 10.8. The van der Waals surface area contributed by atoms with Gasteiger partial charge in [-0.15, -0.1) is 0 Å². The van der Waals surface area contributed by atoms with Crippen LogP contribution in [0, 0.1) is 24.0 Å². The van der Waals surface area contributed by atoms with Crippen molar-refractivity contribution in [1.82, 2.24) is 20.1 Å². The molecule has 0 bridgehead atoms. The van der Waals surface area contributed by atoms with Crippen molar-refractivity contribution in [3.63, 3.8) is 0 Å². The van der Waals surface area contributed by atoms with Crippen LogP contribution in [0.15, 0.2) is 4.52 Å². The molecule has 2 rings (SSSR count). The van der Waals surface area contributed by atoms with Gasteiger partial charge in [0.2, 0.25) is 17.0 Å². The van der Waals surface area contributed by atoms with Crippen LogP contribution in [0.5, 0.6) is 0 Å². The van der Waals surface area contributed by atoms with E-state index in [0.717, 1.165) is 0 Å². The summed E-state index contributed by atoms with van der Waals surface area (Å²) in [6.07, 6.45) is 0.440. The third kappa shape index (κ3) is 3.18. The fraction of sp³-hybridized carbons (Fsp3) is 0.400. The van der Waals surface area contributed by atoms with Gasteiger partial charge in [-0.1, -0.05) is 5.16 Å². The van der Waals surface area contributed by atoms with E-state index in [2.05, 4.69) is 25.4 Å². The van der Waals surface area contributed by atoms with E-state index in [1.807, 2.05) is 0 Å². The van der Waals surface area contributed by atoms with E-state index in [0.29, 0.717) is 24.7 Å². The Hall–Kier alpha value is -2.29. The lowest BCUT2D eigenvalue weighted by Crippen LogP contribution is -2.11. The minimum Gasteiger partial charge on any atom is -0.364 e. The summed E-state index contributed by atoms with van der Waals surface area (Å²) in [6, 6.07) is 0. The Morgan fingerprint density at radius 2 is 2.10 bits per heavy atom. The number of nitrogens with zero attached hydrogens (tertiary/aromatic N) is 5. The summed E-state index contributed by atoms with van der Waals surface area (Å²) in [6.45, 7) is 3.54. The van der Waals surface area contributed by atoms with Gasteiger partial charge in [0.15, 0.2) is 5.82 Å². The molecule has 0 atom stereocenters. The lowest BCUT2D eigenvalue weighted by molar-refractivity contribution is -0.385. The van der Waals surface area contributed by atoms with Crippen LogP contribution in [0.3, 0.4) is 0 Å². The summed E-state index contributed by atoms with van der Waals surface area (Å²) in [5, 5.41) is 17.5. The van der Waals surface area contributed by atoms with Crippen LogP contribution < -0.4 is 5.32 Å². The maximum absolute atomic E-state index is 11.0. The Labute approximate surface area is 118 Å². The zero-order chi connectivity index (χ0) is 14.7. The molecule has 0 unspecified atom stereocenters. The Kier molecular flexibility index (Phi) is 4.08. The van der Waals surface area contributed by atoms with E-state index in [4.69, 9.17) is 16.1 Å². The summed E-state index contributed by atoms with van der Waals surface area (Å²) >= 11 is 5.70. The third-order valence-corrected chi connectivity index (χ3v) is 2.59. The van der Waals surface area contributed by atoms with Crippen LogP contribution in [-0.4, -0.2) is 31.6 Å². The van der Waals surface area contributed by atoms with Crippen LogP contribution in [-0.2, 0) is 6.42 Å². The zero-order valence-corrected chi connectivity index (χ0v) is 11.5. The number of anilines is 1. The van der Waals surface area contributed by atoms with Crippen molar-refractivity contribution in [2.24, 2.45) is 0 Å². The Balaban J connectivity index is 2.10. The first-order valence-electron chi connectivity index (χ1n) is 5.69. The second-order valence-corrected chi connectivity index (χ2v) is 4.28. The van der Waals surface area contributed by atoms with Gasteiger partial charge in [-0.2, -0.15) is 9.97 Å². The number of aromatic nitrogens is 4. The van der Waals surface area contributed by atoms with Gasteiger partial charge in [-0.05, 0) is 18.5 Å². The lowest BCUT2D eigenvalue weighted by Gasteiger charge is -2.06. The molecule has 9 nitrogen and oxygen atoms in total. The van der Waals surface area contributed by atoms with Crippen molar-refractivity contribution >= 4 is 23.1 Å². The van der Waals surface area contributed by atoms with Gasteiger partial charge in [0, 0.05) is 19.9 Å². The molecular weight excluding hydrogens is 288 g/mol. The molecule has 0 amide bonds. The highest BCUT2D eigenvalue weighted by atomic mass is 35.5. The molecule has 2 aromatic rings. The fourth-order valence-electron chi connectivity index (χ4n) is 1.61. The third-order valence-electron chi connectivity index (χ3n) is 2.42. The van der Waals surface area contributed by atoms with Crippen LogP contribution >= 0.6 is 11.6 Å². The van der Waals surface area contributed by atoms with Gasteiger partial charge in [0.25, 0.3) is 0 Å². The largest absolute Gasteiger partial charge is 0.364 e. The molecule has 0 radical (unpaired) electrons. The lowest BCUT2D eigenvalue weighted by atomic mass is 10.3. The quantitative estimate of drug-likeness (QED) is 0.503.